The van der Waals surface area contributed by atoms with Crippen LogP contribution in [0, 0.1) is 0 Å². The van der Waals surface area contributed by atoms with E-state index in [0.29, 0.717) is 5.82 Å². The monoisotopic (exact) mass is 493 g/mol. The Labute approximate surface area is 205 Å². The maximum atomic E-state index is 12.8. The quantitative estimate of drug-likeness (QED) is 0.427. The van der Waals surface area contributed by atoms with Crippen molar-refractivity contribution in [3.8, 4) is 16.9 Å². The molecule has 0 unspecified atom stereocenters. The lowest BCUT2D eigenvalue weighted by Gasteiger charge is -2.16. The summed E-state index contributed by atoms with van der Waals surface area (Å²) in [4.78, 5) is 25.1. The molecule has 0 atom stereocenters. The van der Waals surface area contributed by atoms with Crippen molar-refractivity contribution >= 4 is 34.9 Å². The maximum absolute atomic E-state index is 12.8. The third-order valence-electron chi connectivity index (χ3n) is 5.86. The second-order valence-electron chi connectivity index (χ2n) is 8.17. The third kappa shape index (κ3) is 4.49. The Morgan fingerprint density at radius 3 is 2.56 bits per heavy atom. The van der Waals surface area contributed by atoms with Crippen LogP contribution in [-0.2, 0) is 24.2 Å². The molecule has 4 aromatic rings. The van der Waals surface area contributed by atoms with E-state index < -0.39 is 11.5 Å². The van der Waals surface area contributed by atoms with Gasteiger partial charge in [0.1, 0.15) is 17.4 Å². The summed E-state index contributed by atoms with van der Waals surface area (Å²) in [6, 6.07) is 17.8. The summed E-state index contributed by atoms with van der Waals surface area (Å²) < 4.78 is 2.65. The molecule has 0 saturated heterocycles. The smallest absolute Gasteiger partial charge is 0.287 e. The Kier molecular flexibility index (Phi) is 6.22. The number of hydrogen-bond donors (Lipinski definition) is 1. The molecule has 0 radical (unpaired) electrons. The molecular weight excluding hydrogens is 473 g/mol. The minimum Gasteiger partial charge on any atom is -0.309 e. The fraction of sp³-hybridized carbons (Fsp3) is 0.200. The number of anilines is 1. The number of aromatic nitrogens is 4. The first-order valence-corrected chi connectivity index (χ1v) is 11.7. The molecular formula is C25H21Cl2N5O2. The van der Waals surface area contributed by atoms with Gasteiger partial charge >= 0.3 is 0 Å². The first kappa shape index (κ1) is 22.4. The van der Waals surface area contributed by atoms with Gasteiger partial charge in [-0.1, -0.05) is 53.5 Å². The second-order valence-corrected chi connectivity index (χ2v) is 8.96. The van der Waals surface area contributed by atoms with Crippen molar-refractivity contribution in [1.82, 2.24) is 19.6 Å². The summed E-state index contributed by atoms with van der Waals surface area (Å²) in [5.41, 5.74) is 4.66. The molecule has 0 fully saturated rings. The van der Waals surface area contributed by atoms with Gasteiger partial charge in [-0.25, -0.2) is 9.36 Å². The molecule has 0 spiro atoms. The van der Waals surface area contributed by atoms with E-state index in [2.05, 4.69) is 28.6 Å². The van der Waals surface area contributed by atoms with Crippen LogP contribution in [-0.4, -0.2) is 25.5 Å². The fourth-order valence-corrected chi connectivity index (χ4v) is 4.42. The molecule has 0 aliphatic heterocycles. The number of nitrogens with one attached hydrogen (secondary N) is 1. The SMILES string of the molecule is O=C(Cn1ncc(Cl)c(Cl)c1=O)Nc1cc(-c2ccc3c(c2)CCCC3)nn1-c1ccccc1. The summed E-state index contributed by atoms with van der Waals surface area (Å²) >= 11 is 11.7. The van der Waals surface area contributed by atoms with Gasteiger partial charge in [-0.15, -0.1) is 0 Å². The van der Waals surface area contributed by atoms with E-state index in [0.717, 1.165) is 34.5 Å². The molecule has 0 saturated carbocycles. The van der Waals surface area contributed by atoms with E-state index in [4.69, 9.17) is 28.3 Å². The molecule has 2 heterocycles. The number of amides is 1. The maximum Gasteiger partial charge on any atom is 0.287 e. The molecule has 1 amide bonds. The van der Waals surface area contributed by atoms with Crippen molar-refractivity contribution in [3.05, 3.63) is 92.3 Å². The highest BCUT2D eigenvalue weighted by molar-refractivity contribution is 6.41. The van der Waals surface area contributed by atoms with Crippen LogP contribution in [0.25, 0.3) is 16.9 Å². The number of benzene rings is 2. The number of rotatable bonds is 5. The van der Waals surface area contributed by atoms with Crippen LogP contribution in [0.1, 0.15) is 24.0 Å². The number of fused-ring (bicyclic) bond motifs is 1. The largest absolute Gasteiger partial charge is 0.309 e. The number of carbonyl (C=O) groups is 1. The summed E-state index contributed by atoms with van der Waals surface area (Å²) in [6.07, 6.45) is 5.83. The predicted octanol–water partition coefficient (Wildman–Crippen LogP) is 4.92. The van der Waals surface area contributed by atoms with Gasteiger partial charge in [0.15, 0.2) is 0 Å². The van der Waals surface area contributed by atoms with Gasteiger partial charge in [-0.2, -0.15) is 10.2 Å². The van der Waals surface area contributed by atoms with Crippen LogP contribution in [0.2, 0.25) is 10.0 Å². The normalized spacial score (nSPS) is 12.9. The predicted molar refractivity (Wildman–Crippen MR) is 133 cm³/mol. The van der Waals surface area contributed by atoms with Gasteiger partial charge in [0.25, 0.3) is 5.56 Å². The van der Waals surface area contributed by atoms with Crippen LogP contribution < -0.4 is 10.9 Å². The molecule has 7 nitrogen and oxygen atoms in total. The molecule has 2 aromatic carbocycles. The molecule has 2 aromatic heterocycles. The van der Waals surface area contributed by atoms with Crippen molar-refractivity contribution in [1.29, 1.82) is 0 Å². The molecule has 1 N–H and O–H groups in total. The Bertz CT molecular complexity index is 1430. The van der Waals surface area contributed by atoms with Crippen LogP contribution >= 0.6 is 23.2 Å². The van der Waals surface area contributed by atoms with E-state index in [1.807, 2.05) is 36.4 Å². The van der Waals surface area contributed by atoms with Gasteiger partial charge in [0, 0.05) is 11.6 Å². The number of halogens is 2. The molecule has 9 heteroatoms. The Balaban J connectivity index is 1.48. The molecule has 172 valence electrons. The minimum absolute atomic E-state index is 0.0418. The van der Waals surface area contributed by atoms with Gasteiger partial charge < -0.3 is 5.32 Å². The lowest BCUT2D eigenvalue weighted by molar-refractivity contribution is -0.117. The Hall–Kier alpha value is -3.42. The van der Waals surface area contributed by atoms with E-state index >= 15 is 0 Å². The molecule has 34 heavy (non-hydrogen) atoms. The van der Waals surface area contributed by atoms with Crippen molar-refractivity contribution in [2.45, 2.75) is 32.2 Å². The second kappa shape index (κ2) is 9.44. The third-order valence-corrected chi connectivity index (χ3v) is 6.61. The number of nitrogens with zero attached hydrogens (tertiary/aromatic N) is 4. The summed E-state index contributed by atoms with van der Waals surface area (Å²) in [7, 11) is 0. The van der Waals surface area contributed by atoms with Crippen LogP contribution in [0.15, 0.2) is 65.6 Å². The average molecular weight is 494 g/mol. The number of carbonyl (C=O) groups excluding carboxylic acids is 1. The standard InChI is InChI=1S/C25H21Cl2N5O2/c26-20-14-28-31(25(34)24(20)27)15-23(33)29-22-13-21(30-32(22)19-8-2-1-3-9-19)18-11-10-16-6-4-5-7-17(16)12-18/h1-3,8-14H,4-7,15H2,(H,29,33). The summed E-state index contributed by atoms with van der Waals surface area (Å²) in [6.45, 7) is -0.316. The summed E-state index contributed by atoms with van der Waals surface area (Å²) in [5.74, 6) is 0.0408. The first-order chi connectivity index (χ1) is 16.5. The highest BCUT2D eigenvalue weighted by Gasteiger charge is 2.17. The number of para-hydroxylation sites is 1. The van der Waals surface area contributed by atoms with Gasteiger partial charge in [0.05, 0.1) is 22.6 Å². The van der Waals surface area contributed by atoms with Crippen LogP contribution in [0.3, 0.4) is 0 Å². The highest BCUT2D eigenvalue weighted by Crippen LogP contribution is 2.29. The zero-order valence-corrected chi connectivity index (χ0v) is 19.7. The van der Waals surface area contributed by atoms with Crippen molar-refractivity contribution in [2.24, 2.45) is 0 Å². The van der Waals surface area contributed by atoms with Crippen LogP contribution in [0.4, 0.5) is 5.82 Å². The van der Waals surface area contributed by atoms with Crippen LogP contribution in [0.5, 0.6) is 0 Å². The average Bonchev–Trinajstić information content (AvgIpc) is 3.28. The Morgan fingerprint density at radius 2 is 1.76 bits per heavy atom. The van der Waals surface area contributed by atoms with E-state index in [9.17, 15) is 9.59 Å². The topological polar surface area (TPSA) is 81.8 Å². The molecule has 1 aliphatic rings. The number of hydrogen-bond acceptors (Lipinski definition) is 4. The fourth-order valence-electron chi connectivity index (χ4n) is 4.15. The zero-order chi connectivity index (χ0) is 23.7. The lowest BCUT2D eigenvalue weighted by atomic mass is 9.90. The minimum atomic E-state index is -0.629. The van der Waals surface area contributed by atoms with Gasteiger partial charge in [-0.05, 0) is 55.0 Å². The zero-order valence-electron chi connectivity index (χ0n) is 18.2. The lowest BCUT2D eigenvalue weighted by Crippen LogP contribution is -2.30. The Morgan fingerprint density at radius 1 is 1.00 bits per heavy atom. The van der Waals surface area contributed by atoms with Gasteiger partial charge in [-0.3, -0.25) is 9.59 Å². The summed E-state index contributed by atoms with van der Waals surface area (Å²) in [5, 5.41) is 11.4. The highest BCUT2D eigenvalue weighted by atomic mass is 35.5. The molecule has 5 rings (SSSR count). The van der Waals surface area contributed by atoms with E-state index in [-0.39, 0.29) is 16.6 Å². The van der Waals surface area contributed by atoms with Gasteiger partial charge in [0.2, 0.25) is 5.91 Å². The first-order valence-electron chi connectivity index (χ1n) is 11.0. The number of aryl methyl sites for hydroxylation is 2. The van der Waals surface area contributed by atoms with Crippen molar-refractivity contribution < 1.29 is 4.79 Å². The van der Waals surface area contributed by atoms with Crippen molar-refractivity contribution in [3.63, 3.8) is 0 Å². The molecule has 1 aliphatic carbocycles. The van der Waals surface area contributed by atoms with Crippen molar-refractivity contribution in [2.75, 3.05) is 5.32 Å². The molecule has 0 bridgehead atoms. The van der Waals surface area contributed by atoms with E-state index in [1.54, 1.807) is 4.68 Å². The van der Waals surface area contributed by atoms with E-state index in [1.165, 1.54) is 30.2 Å².